The van der Waals surface area contributed by atoms with E-state index in [2.05, 4.69) is 14.9 Å². The zero-order valence-corrected chi connectivity index (χ0v) is 19.0. The molecule has 0 radical (unpaired) electrons. The minimum absolute atomic E-state index is 0.180. The third-order valence-corrected chi connectivity index (χ3v) is 5.65. The summed E-state index contributed by atoms with van der Waals surface area (Å²) in [7, 11) is 3.09. The Hall–Kier alpha value is -4.05. The number of rotatable bonds is 7. The SMILES string of the molecule is COc1ccc(Oc2cnc(C(=O)N3CCN(c4ccc(N)nc4)C[C@@H]3CO)cc2OC)cc1. The van der Waals surface area contributed by atoms with Gasteiger partial charge in [0.05, 0.1) is 44.9 Å². The van der Waals surface area contributed by atoms with Crippen LogP contribution >= 0.6 is 0 Å². The summed E-state index contributed by atoms with van der Waals surface area (Å²) in [5, 5.41) is 9.98. The minimum atomic E-state index is -0.401. The maximum absolute atomic E-state index is 13.3. The van der Waals surface area contributed by atoms with Crippen molar-refractivity contribution in [2.24, 2.45) is 0 Å². The van der Waals surface area contributed by atoms with Crippen LogP contribution in [0, 0.1) is 0 Å². The van der Waals surface area contributed by atoms with Gasteiger partial charge in [-0.1, -0.05) is 0 Å². The number of hydrogen-bond acceptors (Lipinski definition) is 9. The molecule has 1 aliphatic rings. The summed E-state index contributed by atoms with van der Waals surface area (Å²) < 4.78 is 16.5. The largest absolute Gasteiger partial charge is 0.497 e. The van der Waals surface area contributed by atoms with Gasteiger partial charge in [-0.15, -0.1) is 0 Å². The van der Waals surface area contributed by atoms with E-state index in [1.54, 1.807) is 54.6 Å². The highest BCUT2D eigenvalue weighted by Crippen LogP contribution is 2.32. The second-order valence-corrected chi connectivity index (χ2v) is 7.72. The van der Waals surface area contributed by atoms with Crippen molar-refractivity contribution in [1.82, 2.24) is 14.9 Å². The molecule has 1 amide bonds. The average Bonchev–Trinajstić information content (AvgIpc) is 2.89. The Balaban J connectivity index is 1.48. The number of pyridine rings is 2. The van der Waals surface area contributed by atoms with Crippen LogP contribution in [-0.2, 0) is 0 Å². The highest BCUT2D eigenvalue weighted by Gasteiger charge is 2.32. The second-order valence-electron chi connectivity index (χ2n) is 7.72. The molecule has 1 aliphatic heterocycles. The van der Waals surface area contributed by atoms with Crippen molar-refractivity contribution < 1.29 is 24.1 Å². The number of amides is 1. The van der Waals surface area contributed by atoms with Crippen molar-refractivity contribution in [3.63, 3.8) is 0 Å². The number of ether oxygens (including phenoxy) is 3. The summed E-state index contributed by atoms with van der Waals surface area (Å²) in [6.45, 7) is 1.29. The summed E-state index contributed by atoms with van der Waals surface area (Å²) in [5.41, 5.74) is 6.77. The van der Waals surface area contributed by atoms with Crippen LogP contribution in [0.1, 0.15) is 10.5 Å². The first-order valence-electron chi connectivity index (χ1n) is 10.8. The molecule has 3 aromatic rings. The summed E-state index contributed by atoms with van der Waals surface area (Å²) in [6, 6.07) is 11.8. The monoisotopic (exact) mass is 465 g/mol. The maximum Gasteiger partial charge on any atom is 0.273 e. The first kappa shape index (κ1) is 23.1. The van der Waals surface area contributed by atoms with Gasteiger partial charge in [-0.3, -0.25) is 4.79 Å². The van der Waals surface area contributed by atoms with Crippen LogP contribution in [0.25, 0.3) is 0 Å². The van der Waals surface area contributed by atoms with Crippen molar-refractivity contribution >= 4 is 17.4 Å². The molecule has 0 bridgehead atoms. The van der Waals surface area contributed by atoms with Crippen LogP contribution in [0.5, 0.6) is 23.0 Å². The van der Waals surface area contributed by atoms with E-state index in [1.165, 1.54) is 13.3 Å². The summed E-state index contributed by atoms with van der Waals surface area (Å²) in [5.74, 6) is 2.20. The molecule has 4 rings (SSSR count). The van der Waals surface area contributed by atoms with Gasteiger partial charge in [0.25, 0.3) is 5.91 Å². The first-order chi connectivity index (χ1) is 16.5. The molecule has 0 aliphatic carbocycles. The number of aliphatic hydroxyl groups excluding tert-OH is 1. The van der Waals surface area contributed by atoms with Gasteiger partial charge in [0.15, 0.2) is 11.5 Å². The van der Waals surface area contributed by atoms with Crippen LogP contribution in [-0.4, -0.2) is 72.4 Å². The Bertz CT molecular complexity index is 1120. The Morgan fingerprint density at radius 1 is 1.03 bits per heavy atom. The third kappa shape index (κ3) is 4.96. The molecule has 1 atom stereocenters. The van der Waals surface area contributed by atoms with Gasteiger partial charge < -0.3 is 34.9 Å². The highest BCUT2D eigenvalue weighted by molar-refractivity contribution is 5.93. The van der Waals surface area contributed by atoms with Crippen LogP contribution in [0.15, 0.2) is 54.9 Å². The number of carbonyl (C=O) groups excluding carboxylic acids is 1. The molecule has 0 saturated carbocycles. The summed E-state index contributed by atoms with van der Waals surface area (Å²) in [6.07, 6.45) is 3.15. The van der Waals surface area contributed by atoms with Crippen LogP contribution in [0.4, 0.5) is 11.5 Å². The average molecular weight is 466 g/mol. The molecule has 1 aromatic carbocycles. The van der Waals surface area contributed by atoms with Crippen LogP contribution in [0.2, 0.25) is 0 Å². The fourth-order valence-corrected chi connectivity index (χ4v) is 3.79. The van der Waals surface area contributed by atoms with Gasteiger partial charge >= 0.3 is 0 Å². The van der Waals surface area contributed by atoms with Gasteiger partial charge in [0, 0.05) is 25.7 Å². The standard InChI is InChI=1S/C24H27N5O5/c1-32-18-4-6-19(7-5-18)34-22-13-26-20(11-21(22)33-2)24(31)29-10-9-28(14-17(29)15-30)16-3-8-23(25)27-12-16/h3-8,11-13,17,30H,9-10,14-15H2,1-2H3,(H2,25,27)/t17-/m1/s1. The Kier molecular flexibility index (Phi) is 6.98. The summed E-state index contributed by atoms with van der Waals surface area (Å²) >= 11 is 0. The lowest BCUT2D eigenvalue weighted by atomic mass is 10.1. The molecule has 3 N–H and O–H groups in total. The number of nitrogens with two attached hydrogens (primary N) is 1. The Morgan fingerprint density at radius 3 is 2.44 bits per heavy atom. The quantitative estimate of drug-likeness (QED) is 0.540. The normalized spacial score (nSPS) is 15.7. The van der Waals surface area contributed by atoms with E-state index in [-0.39, 0.29) is 18.2 Å². The van der Waals surface area contributed by atoms with Gasteiger partial charge in [-0.05, 0) is 36.4 Å². The van der Waals surface area contributed by atoms with Crippen LogP contribution < -0.4 is 24.8 Å². The molecule has 34 heavy (non-hydrogen) atoms. The Morgan fingerprint density at radius 2 is 1.79 bits per heavy atom. The number of benzene rings is 1. The lowest BCUT2D eigenvalue weighted by Gasteiger charge is -2.41. The zero-order chi connectivity index (χ0) is 24.1. The number of carbonyl (C=O) groups is 1. The highest BCUT2D eigenvalue weighted by atomic mass is 16.5. The van der Waals surface area contributed by atoms with E-state index in [0.29, 0.717) is 48.5 Å². The van der Waals surface area contributed by atoms with Crippen molar-refractivity contribution in [2.45, 2.75) is 6.04 Å². The van der Waals surface area contributed by atoms with Crippen molar-refractivity contribution in [3.05, 3.63) is 60.6 Å². The molecule has 178 valence electrons. The Labute approximate surface area is 197 Å². The van der Waals surface area contributed by atoms with E-state index in [0.717, 1.165) is 5.69 Å². The zero-order valence-electron chi connectivity index (χ0n) is 19.0. The maximum atomic E-state index is 13.3. The van der Waals surface area contributed by atoms with E-state index < -0.39 is 6.04 Å². The smallest absolute Gasteiger partial charge is 0.273 e. The van der Waals surface area contributed by atoms with Crippen molar-refractivity contribution in [2.75, 3.05) is 51.1 Å². The molecule has 10 nitrogen and oxygen atoms in total. The minimum Gasteiger partial charge on any atom is -0.497 e. The number of anilines is 2. The molecule has 1 saturated heterocycles. The van der Waals surface area contributed by atoms with Crippen molar-refractivity contribution in [3.8, 4) is 23.0 Å². The predicted octanol–water partition coefficient (Wildman–Crippen LogP) is 2.19. The van der Waals surface area contributed by atoms with E-state index >= 15 is 0 Å². The number of hydrogen-bond donors (Lipinski definition) is 2. The predicted molar refractivity (Wildman–Crippen MR) is 127 cm³/mol. The number of methoxy groups -OCH3 is 2. The van der Waals surface area contributed by atoms with E-state index in [4.69, 9.17) is 19.9 Å². The number of nitrogen functional groups attached to an aromatic ring is 1. The van der Waals surface area contributed by atoms with Crippen molar-refractivity contribution in [1.29, 1.82) is 0 Å². The molecule has 10 heteroatoms. The third-order valence-electron chi connectivity index (χ3n) is 5.65. The summed E-state index contributed by atoms with van der Waals surface area (Å²) in [4.78, 5) is 25.4. The fraction of sp³-hybridized carbons (Fsp3) is 0.292. The van der Waals surface area contributed by atoms with Crippen LogP contribution in [0.3, 0.4) is 0 Å². The van der Waals surface area contributed by atoms with Gasteiger partial charge in [-0.25, -0.2) is 9.97 Å². The molecule has 3 heterocycles. The lowest BCUT2D eigenvalue weighted by molar-refractivity contribution is 0.0559. The first-order valence-corrected chi connectivity index (χ1v) is 10.8. The fourth-order valence-electron chi connectivity index (χ4n) is 3.79. The number of aliphatic hydroxyl groups is 1. The molecule has 0 spiro atoms. The van der Waals surface area contributed by atoms with Gasteiger partial charge in [0.1, 0.15) is 23.0 Å². The molecular formula is C24H27N5O5. The molecule has 2 aromatic heterocycles. The van der Waals surface area contributed by atoms with Gasteiger partial charge in [-0.2, -0.15) is 0 Å². The molecule has 0 unspecified atom stereocenters. The number of aromatic nitrogens is 2. The molecular weight excluding hydrogens is 438 g/mol. The van der Waals surface area contributed by atoms with Gasteiger partial charge in [0.2, 0.25) is 0 Å². The van der Waals surface area contributed by atoms with E-state index in [9.17, 15) is 9.90 Å². The topological polar surface area (TPSA) is 123 Å². The van der Waals surface area contributed by atoms with E-state index in [1.807, 2.05) is 6.07 Å². The number of nitrogens with zero attached hydrogens (tertiary/aromatic N) is 4. The number of piperazine rings is 1. The molecule has 1 fully saturated rings. The second kappa shape index (κ2) is 10.3. The lowest BCUT2D eigenvalue weighted by Crippen LogP contribution is -2.57.